The molecular formula is C32H27F3N4O7S2. The number of carbonyl (C=O) groups is 2. The predicted molar refractivity (Wildman–Crippen MR) is 169 cm³/mol. The van der Waals surface area contributed by atoms with Crippen molar-refractivity contribution in [1.82, 2.24) is 19.4 Å². The summed E-state index contributed by atoms with van der Waals surface area (Å²) in [5.41, 5.74) is 4.62. The first-order valence-electron chi connectivity index (χ1n) is 14.2. The van der Waals surface area contributed by atoms with Crippen molar-refractivity contribution in [2.24, 2.45) is 0 Å². The van der Waals surface area contributed by atoms with E-state index < -0.39 is 49.4 Å². The van der Waals surface area contributed by atoms with Gasteiger partial charge in [0.25, 0.3) is 0 Å². The number of aromatic nitrogens is 2. The third-order valence-electron chi connectivity index (χ3n) is 7.34. The normalized spacial score (nSPS) is 16.5. The lowest BCUT2D eigenvalue weighted by atomic mass is 10.0. The molecule has 2 heterocycles. The van der Waals surface area contributed by atoms with Gasteiger partial charge in [-0.25, -0.2) is 31.3 Å². The average molecular weight is 701 g/mol. The maximum atomic E-state index is 13.5. The van der Waals surface area contributed by atoms with Gasteiger partial charge in [0.15, 0.2) is 0 Å². The monoisotopic (exact) mass is 700 g/mol. The molecule has 48 heavy (non-hydrogen) atoms. The molecule has 6 rings (SSSR count). The van der Waals surface area contributed by atoms with Gasteiger partial charge in [0.1, 0.15) is 11.1 Å². The fourth-order valence-electron chi connectivity index (χ4n) is 4.99. The minimum absolute atomic E-state index is 0.122. The van der Waals surface area contributed by atoms with Crippen molar-refractivity contribution < 1.29 is 44.7 Å². The number of hydrogen-bond donors (Lipinski definition) is 4. The van der Waals surface area contributed by atoms with Gasteiger partial charge in [-0.1, -0.05) is 78.9 Å². The molecule has 11 nitrogen and oxygen atoms in total. The molecule has 1 aliphatic rings. The first kappa shape index (κ1) is 34.3. The minimum Gasteiger partial charge on any atom is -0.475 e. The summed E-state index contributed by atoms with van der Waals surface area (Å²) >= 11 is 0. The molecule has 16 heteroatoms. The summed E-state index contributed by atoms with van der Waals surface area (Å²) in [6, 6.07) is 29.9. The zero-order valence-electron chi connectivity index (χ0n) is 24.7. The van der Waals surface area contributed by atoms with E-state index >= 15 is 0 Å². The van der Waals surface area contributed by atoms with Crippen LogP contribution in [0, 0.1) is 0 Å². The molecular weight excluding hydrogens is 674 g/mol. The fraction of sp³-hybridized carbons (Fsp3) is 0.156. The second kappa shape index (κ2) is 13.6. The third-order valence-corrected chi connectivity index (χ3v) is 10.5. The smallest absolute Gasteiger partial charge is 0.475 e. The van der Waals surface area contributed by atoms with Crippen LogP contribution in [-0.2, 0) is 36.1 Å². The quantitative estimate of drug-likeness (QED) is 0.175. The molecule has 0 saturated carbocycles. The number of rotatable bonds is 8. The first-order chi connectivity index (χ1) is 22.6. The van der Waals surface area contributed by atoms with Crippen LogP contribution in [-0.4, -0.2) is 50.0 Å². The van der Waals surface area contributed by atoms with Crippen LogP contribution in [0.1, 0.15) is 34.7 Å². The number of aliphatic carboxylic acids is 1. The summed E-state index contributed by atoms with van der Waals surface area (Å²) in [6.07, 6.45) is -4.97. The van der Waals surface area contributed by atoms with Crippen LogP contribution in [0.3, 0.4) is 0 Å². The van der Waals surface area contributed by atoms with Crippen LogP contribution in [0.5, 0.6) is 0 Å². The SMILES string of the molecule is O=C(O)C(F)(F)F.O=C1CC(c2ccc(C[C@H](NS(=O)(=O)c3ccc(-c4ccccc4)cc3)c3nc4ccccc4[nH]3)cc2)S(=O)(=O)N1. The van der Waals surface area contributed by atoms with Gasteiger partial charge in [-0.15, -0.1) is 0 Å². The Bertz CT molecular complexity index is 2120. The van der Waals surface area contributed by atoms with Crippen molar-refractivity contribution in [2.45, 2.75) is 35.2 Å². The molecule has 1 aromatic heterocycles. The number of carboxylic acid groups (broad SMARTS) is 1. The number of alkyl halides is 3. The molecule has 4 aromatic carbocycles. The Balaban J connectivity index is 0.000000582. The molecule has 1 amide bonds. The highest BCUT2D eigenvalue weighted by atomic mass is 32.2. The van der Waals surface area contributed by atoms with E-state index in [-0.39, 0.29) is 17.7 Å². The Morgan fingerprint density at radius 3 is 2.06 bits per heavy atom. The summed E-state index contributed by atoms with van der Waals surface area (Å²) < 4.78 is 88.2. The van der Waals surface area contributed by atoms with Gasteiger partial charge in [-0.2, -0.15) is 13.2 Å². The molecule has 2 atom stereocenters. The number of para-hydroxylation sites is 2. The van der Waals surface area contributed by atoms with Crippen molar-refractivity contribution in [2.75, 3.05) is 0 Å². The van der Waals surface area contributed by atoms with E-state index in [1.54, 1.807) is 48.5 Å². The van der Waals surface area contributed by atoms with Gasteiger partial charge in [-0.05, 0) is 52.9 Å². The number of sulfonamides is 2. The van der Waals surface area contributed by atoms with Crippen molar-refractivity contribution in [1.29, 1.82) is 0 Å². The standard InChI is InChI=1S/C30H26N4O5S2.C2HF3O2/c35-29-19-28(41(38,39)34-29)23-12-10-20(11-13-23)18-27(30-31-25-8-4-5-9-26(25)32-30)33-40(36,37)24-16-14-22(15-17-24)21-6-2-1-3-7-21;3-2(4,5)1(6)7/h1-17,27-28,33H,18-19H2,(H,31,32)(H,34,35);(H,6,7)/t27-,28?;/m0./s1. The van der Waals surface area contributed by atoms with E-state index in [4.69, 9.17) is 9.90 Å². The Hall–Kier alpha value is -5.06. The van der Waals surface area contributed by atoms with Gasteiger partial charge < -0.3 is 10.1 Å². The highest BCUT2D eigenvalue weighted by Gasteiger charge is 2.39. The van der Waals surface area contributed by atoms with E-state index in [9.17, 15) is 34.8 Å². The van der Waals surface area contributed by atoms with Crippen LogP contribution < -0.4 is 9.44 Å². The Morgan fingerprint density at radius 1 is 0.917 bits per heavy atom. The maximum absolute atomic E-state index is 13.5. The zero-order chi connectivity index (χ0) is 34.7. The molecule has 0 bridgehead atoms. The summed E-state index contributed by atoms with van der Waals surface area (Å²) in [6.45, 7) is 0. The van der Waals surface area contributed by atoms with Gasteiger partial charge in [0.05, 0.1) is 28.4 Å². The molecule has 1 fully saturated rings. The third kappa shape index (κ3) is 8.07. The van der Waals surface area contributed by atoms with Crippen molar-refractivity contribution in [3.8, 4) is 11.1 Å². The number of hydrogen-bond acceptors (Lipinski definition) is 7. The number of nitrogens with zero attached hydrogens (tertiary/aromatic N) is 1. The number of aromatic amines is 1. The topological polar surface area (TPSA) is 175 Å². The Kier molecular flexibility index (Phi) is 9.70. The predicted octanol–water partition coefficient (Wildman–Crippen LogP) is 5.02. The number of carbonyl (C=O) groups excluding carboxylic acids is 1. The number of carboxylic acids is 1. The van der Waals surface area contributed by atoms with Crippen LogP contribution in [0.15, 0.2) is 108 Å². The number of fused-ring (bicyclic) bond motifs is 1. The van der Waals surface area contributed by atoms with Crippen LogP contribution >= 0.6 is 0 Å². The molecule has 0 aliphatic carbocycles. The summed E-state index contributed by atoms with van der Waals surface area (Å²) in [5.74, 6) is -2.84. The highest BCUT2D eigenvalue weighted by molar-refractivity contribution is 7.90. The van der Waals surface area contributed by atoms with Gasteiger partial charge in [0, 0.05) is 0 Å². The van der Waals surface area contributed by atoms with Crippen molar-refractivity contribution in [3.63, 3.8) is 0 Å². The van der Waals surface area contributed by atoms with Crippen LogP contribution in [0.25, 0.3) is 22.2 Å². The van der Waals surface area contributed by atoms with E-state index in [1.165, 1.54) is 0 Å². The molecule has 250 valence electrons. The van der Waals surface area contributed by atoms with Crippen molar-refractivity contribution >= 4 is 43.0 Å². The number of benzene rings is 4. The lowest BCUT2D eigenvalue weighted by molar-refractivity contribution is -0.192. The average Bonchev–Trinajstić information content (AvgIpc) is 3.60. The number of H-pyrrole nitrogens is 1. The Labute approximate surface area is 273 Å². The van der Waals surface area contributed by atoms with Crippen molar-refractivity contribution in [3.05, 3.63) is 120 Å². The van der Waals surface area contributed by atoms with Crippen LogP contribution in [0.2, 0.25) is 0 Å². The maximum Gasteiger partial charge on any atom is 0.490 e. The number of imidazole rings is 1. The second-order valence-corrected chi connectivity index (χ2v) is 14.3. The van der Waals surface area contributed by atoms with E-state index in [0.29, 0.717) is 16.9 Å². The molecule has 1 aliphatic heterocycles. The minimum atomic E-state index is -5.08. The Morgan fingerprint density at radius 2 is 1.50 bits per heavy atom. The second-order valence-electron chi connectivity index (χ2n) is 10.7. The molecule has 5 aromatic rings. The molecule has 1 unspecified atom stereocenters. The molecule has 0 spiro atoms. The zero-order valence-corrected chi connectivity index (χ0v) is 26.3. The molecule has 4 N–H and O–H groups in total. The van der Waals surface area contributed by atoms with Gasteiger partial charge >= 0.3 is 12.1 Å². The lowest BCUT2D eigenvalue weighted by Gasteiger charge is -2.18. The summed E-state index contributed by atoms with van der Waals surface area (Å²) in [7, 11) is -7.71. The van der Waals surface area contributed by atoms with E-state index in [2.05, 4.69) is 14.7 Å². The highest BCUT2D eigenvalue weighted by Crippen LogP contribution is 2.31. The van der Waals surface area contributed by atoms with Gasteiger partial charge in [0.2, 0.25) is 26.0 Å². The van der Waals surface area contributed by atoms with E-state index in [0.717, 1.165) is 22.2 Å². The summed E-state index contributed by atoms with van der Waals surface area (Å²) in [4.78, 5) is 28.5. The first-order valence-corrected chi connectivity index (χ1v) is 17.2. The van der Waals surface area contributed by atoms with Crippen LogP contribution in [0.4, 0.5) is 13.2 Å². The lowest BCUT2D eigenvalue weighted by Crippen LogP contribution is -2.31. The summed E-state index contributed by atoms with van der Waals surface area (Å²) in [5, 5.41) is 6.17. The number of nitrogens with one attached hydrogen (secondary N) is 3. The van der Waals surface area contributed by atoms with E-state index in [1.807, 2.05) is 59.3 Å². The molecule has 1 saturated heterocycles. The molecule has 0 radical (unpaired) electrons. The number of halogens is 3. The number of amides is 1. The fourth-order valence-corrected chi connectivity index (χ4v) is 7.62. The van der Waals surface area contributed by atoms with Gasteiger partial charge in [-0.3, -0.25) is 9.52 Å². The largest absolute Gasteiger partial charge is 0.490 e.